The summed E-state index contributed by atoms with van der Waals surface area (Å²) in [4.78, 5) is 13.2. The number of amides is 1. The lowest BCUT2D eigenvalue weighted by Gasteiger charge is -2.21. The van der Waals surface area contributed by atoms with Crippen molar-refractivity contribution < 1.29 is 13.9 Å². The fraction of sp³-hybridized carbons (Fsp3) is 0.350. The maximum atomic E-state index is 12.9. The minimum atomic E-state index is -0.257. The molecule has 0 spiro atoms. The molecule has 0 heterocycles. The average molecular weight is 361 g/mol. The Balaban J connectivity index is 1.96. The van der Waals surface area contributed by atoms with Crippen LogP contribution in [-0.4, -0.2) is 18.8 Å². The van der Waals surface area contributed by atoms with E-state index >= 15 is 0 Å². The van der Waals surface area contributed by atoms with Crippen LogP contribution in [0.1, 0.15) is 32.8 Å². The number of thioether (sulfide) groups is 1. The van der Waals surface area contributed by atoms with Crippen LogP contribution in [0.15, 0.2) is 47.4 Å². The first kappa shape index (κ1) is 19.3. The molecule has 2 aromatic rings. The number of benzene rings is 2. The molecular weight excluding hydrogens is 337 g/mol. The number of rotatable bonds is 6. The van der Waals surface area contributed by atoms with E-state index in [2.05, 4.69) is 26.1 Å². The monoisotopic (exact) mass is 361 g/mol. The van der Waals surface area contributed by atoms with Crippen LogP contribution in [0.3, 0.4) is 0 Å². The summed E-state index contributed by atoms with van der Waals surface area (Å²) >= 11 is 1.53. The lowest BCUT2D eigenvalue weighted by molar-refractivity contribution is -0.115. The highest BCUT2D eigenvalue weighted by molar-refractivity contribution is 7.99. The summed E-state index contributed by atoms with van der Waals surface area (Å²) in [5.74, 6) is 0.943. The molecule has 5 heteroatoms. The van der Waals surface area contributed by atoms with Crippen molar-refractivity contribution in [2.75, 3.05) is 18.2 Å². The van der Waals surface area contributed by atoms with Crippen molar-refractivity contribution in [3.63, 3.8) is 0 Å². The topological polar surface area (TPSA) is 38.3 Å². The highest BCUT2D eigenvalue weighted by Crippen LogP contribution is 2.31. The fourth-order valence-corrected chi connectivity index (χ4v) is 3.13. The van der Waals surface area contributed by atoms with E-state index in [1.807, 2.05) is 18.2 Å². The summed E-state index contributed by atoms with van der Waals surface area (Å²) in [5.41, 5.74) is 1.81. The van der Waals surface area contributed by atoms with E-state index in [-0.39, 0.29) is 17.1 Å². The number of hydrogen-bond acceptors (Lipinski definition) is 3. The molecule has 0 bridgehead atoms. The Morgan fingerprint density at radius 1 is 1.16 bits per heavy atom. The van der Waals surface area contributed by atoms with Crippen molar-refractivity contribution >= 4 is 23.4 Å². The van der Waals surface area contributed by atoms with E-state index in [0.29, 0.717) is 23.6 Å². The quantitative estimate of drug-likeness (QED) is 0.714. The molecule has 0 aliphatic rings. The normalized spacial score (nSPS) is 11.2. The first-order valence-corrected chi connectivity index (χ1v) is 9.15. The van der Waals surface area contributed by atoms with E-state index < -0.39 is 0 Å². The maximum absolute atomic E-state index is 12.9. The molecule has 0 unspecified atom stereocenters. The van der Waals surface area contributed by atoms with Gasteiger partial charge in [0, 0.05) is 17.1 Å². The van der Waals surface area contributed by atoms with Gasteiger partial charge in [0.1, 0.15) is 11.6 Å². The van der Waals surface area contributed by atoms with E-state index in [0.717, 1.165) is 10.5 Å². The van der Waals surface area contributed by atoms with Gasteiger partial charge in [-0.25, -0.2) is 4.39 Å². The fourth-order valence-electron chi connectivity index (χ4n) is 2.28. The van der Waals surface area contributed by atoms with Crippen LogP contribution in [0.2, 0.25) is 0 Å². The second kappa shape index (κ2) is 8.39. The molecule has 2 rings (SSSR count). The number of halogens is 1. The zero-order valence-electron chi connectivity index (χ0n) is 15.1. The summed E-state index contributed by atoms with van der Waals surface area (Å²) in [6, 6.07) is 12.1. The van der Waals surface area contributed by atoms with Crippen molar-refractivity contribution in [1.29, 1.82) is 0 Å². The second-order valence-electron chi connectivity index (χ2n) is 6.77. The Kier molecular flexibility index (Phi) is 6.48. The number of hydrogen-bond donors (Lipinski definition) is 1. The largest absolute Gasteiger partial charge is 0.495 e. The molecule has 0 atom stereocenters. The van der Waals surface area contributed by atoms with Gasteiger partial charge < -0.3 is 10.1 Å². The molecule has 25 heavy (non-hydrogen) atoms. The standard InChI is InChI=1S/C20H24FNO2S/c1-20(2,3)14-5-10-18(24-4)17(13-14)22-19(23)11-12-25-16-8-6-15(21)7-9-16/h5-10,13H,11-12H2,1-4H3,(H,22,23). The first-order chi connectivity index (χ1) is 11.8. The molecule has 0 aliphatic carbocycles. The van der Waals surface area contributed by atoms with Gasteiger partial charge in [-0.3, -0.25) is 4.79 Å². The molecule has 0 saturated heterocycles. The summed E-state index contributed by atoms with van der Waals surface area (Å²) in [6.45, 7) is 6.37. The predicted octanol–water partition coefficient (Wildman–Crippen LogP) is 5.25. The summed E-state index contributed by atoms with van der Waals surface area (Å²) < 4.78 is 18.2. The SMILES string of the molecule is COc1ccc(C(C)(C)C)cc1NC(=O)CCSc1ccc(F)cc1. The zero-order valence-corrected chi connectivity index (χ0v) is 15.9. The lowest BCUT2D eigenvalue weighted by atomic mass is 9.87. The molecule has 3 nitrogen and oxygen atoms in total. The summed E-state index contributed by atoms with van der Waals surface area (Å²) in [7, 11) is 1.59. The molecule has 0 saturated carbocycles. The summed E-state index contributed by atoms with van der Waals surface area (Å²) in [5, 5.41) is 2.93. The van der Waals surface area contributed by atoms with E-state index in [9.17, 15) is 9.18 Å². The number of anilines is 1. The molecule has 0 aliphatic heterocycles. The second-order valence-corrected chi connectivity index (χ2v) is 7.93. The van der Waals surface area contributed by atoms with Gasteiger partial charge in [-0.1, -0.05) is 26.8 Å². The van der Waals surface area contributed by atoms with Crippen LogP contribution in [0.4, 0.5) is 10.1 Å². The van der Waals surface area contributed by atoms with Crippen molar-refractivity contribution in [2.24, 2.45) is 0 Å². The van der Waals surface area contributed by atoms with Gasteiger partial charge in [0.25, 0.3) is 0 Å². The van der Waals surface area contributed by atoms with Gasteiger partial charge in [0.05, 0.1) is 12.8 Å². The molecule has 0 fully saturated rings. The first-order valence-electron chi connectivity index (χ1n) is 8.16. The van der Waals surface area contributed by atoms with E-state index in [4.69, 9.17) is 4.74 Å². The molecule has 2 aromatic carbocycles. The maximum Gasteiger partial charge on any atom is 0.225 e. The Morgan fingerprint density at radius 3 is 2.44 bits per heavy atom. The van der Waals surface area contributed by atoms with Crippen molar-refractivity contribution in [3.8, 4) is 5.75 Å². The van der Waals surface area contributed by atoms with Crippen molar-refractivity contribution in [3.05, 3.63) is 53.8 Å². The Bertz CT molecular complexity index is 723. The third-order valence-electron chi connectivity index (χ3n) is 3.75. The van der Waals surface area contributed by atoms with Crippen LogP contribution >= 0.6 is 11.8 Å². The molecule has 134 valence electrons. The predicted molar refractivity (Wildman–Crippen MR) is 102 cm³/mol. The van der Waals surface area contributed by atoms with Gasteiger partial charge in [-0.15, -0.1) is 11.8 Å². The third-order valence-corrected chi connectivity index (χ3v) is 4.76. The summed E-state index contributed by atoms with van der Waals surface area (Å²) in [6.07, 6.45) is 0.366. The number of nitrogens with one attached hydrogen (secondary N) is 1. The number of carbonyl (C=O) groups excluding carboxylic acids is 1. The average Bonchev–Trinajstić information content (AvgIpc) is 2.56. The van der Waals surface area contributed by atoms with Crippen LogP contribution in [0.5, 0.6) is 5.75 Å². The van der Waals surface area contributed by atoms with Crippen LogP contribution in [0, 0.1) is 5.82 Å². The van der Waals surface area contributed by atoms with E-state index in [1.165, 1.54) is 23.9 Å². The minimum Gasteiger partial charge on any atom is -0.495 e. The lowest BCUT2D eigenvalue weighted by Crippen LogP contribution is -2.15. The molecule has 0 aromatic heterocycles. The van der Waals surface area contributed by atoms with Gasteiger partial charge in [-0.05, 0) is 47.4 Å². The number of ether oxygens (including phenoxy) is 1. The minimum absolute atomic E-state index is 0.00974. The molecular formula is C20H24FNO2S. The number of methoxy groups -OCH3 is 1. The zero-order chi connectivity index (χ0) is 18.4. The van der Waals surface area contributed by atoms with Gasteiger partial charge in [0.2, 0.25) is 5.91 Å². The van der Waals surface area contributed by atoms with Crippen molar-refractivity contribution in [2.45, 2.75) is 37.5 Å². The van der Waals surface area contributed by atoms with Crippen LogP contribution < -0.4 is 10.1 Å². The third kappa shape index (κ3) is 5.78. The van der Waals surface area contributed by atoms with E-state index in [1.54, 1.807) is 19.2 Å². The smallest absolute Gasteiger partial charge is 0.225 e. The Morgan fingerprint density at radius 2 is 1.84 bits per heavy atom. The highest BCUT2D eigenvalue weighted by atomic mass is 32.2. The Hall–Kier alpha value is -2.01. The van der Waals surface area contributed by atoms with Gasteiger partial charge in [0.15, 0.2) is 0 Å². The van der Waals surface area contributed by atoms with Crippen LogP contribution in [0.25, 0.3) is 0 Å². The molecule has 1 N–H and O–H groups in total. The van der Waals surface area contributed by atoms with Crippen LogP contribution in [-0.2, 0) is 10.2 Å². The van der Waals surface area contributed by atoms with Gasteiger partial charge >= 0.3 is 0 Å². The highest BCUT2D eigenvalue weighted by Gasteiger charge is 2.17. The number of carbonyl (C=O) groups is 1. The Labute approximate surface area is 153 Å². The van der Waals surface area contributed by atoms with Crippen molar-refractivity contribution in [1.82, 2.24) is 0 Å². The molecule has 1 amide bonds. The molecule has 0 radical (unpaired) electrons. The van der Waals surface area contributed by atoms with Gasteiger partial charge in [-0.2, -0.15) is 0 Å².